The third kappa shape index (κ3) is 3.04. The Balaban J connectivity index is 1.71. The fraction of sp³-hybridized carbons (Fsp3) is 0.267. The minimum absolute atomic E-state index is 0.0910. The first-order valence-electron chi connectivity index (χ1n) is 7.27. The first kappa shape index (κ1) is 16.6. The second kappa shape index (κ2) is 6.33. The van der Waals surface area contributed by atoms with Crippen LogP contribution < -0.4 is 0 Å². The van der Waals surface area contributed by atoms with Crippen LogP contribution in [-0.2, 0) is 10.0 Å². The molecule has 9 heteroatoms. The van der Waals surface area contributed by atoms with Gasteiger partial charge in [-0.1, -0.05) is 0 Å². The molecule has 128 valence electrons. The van der Waals surface area contributed by atoms with Crippen molar-refractivity contribution in [1.82, 2.24) is 14.2 Å². The molecule has 1 fully saturated rings. The quantitative estimate of drug-likeness (QED) is 0.905. The Morgan fingerprint density at radius 2 is 1.75 bits per heavy atom. The molecule has 0 radical (unpaired) electrons. The summed E-state index contributed by atoms with van der Waals surface area (Å²) < 4.78 is 52.4. The number of aromatic nitrogens is 1. The zero-order chi connectivity index (χ0) is 17.3. The van der Waals surface area contributed by atoms with Crippen molar-refractivity contribution in [3.63, 3.8) is 0 Å². The summed E-state index contributed by atoms with van der Waals surface area (Å²) in [5.74, 6) is -2.52. The molecule has 0 bridgehead atoms. The number of carbonyl (C=O) groups is 1. The van der Waals surface area contributed by atoms with Gasteiger partial charge < -0.3 is 9.88 Å². The summed E-state index contributed by atoms with van der Waals surface area (Å²) in [6.45, 7) is 0.628. The molecular formula is C15H15F2N3O3S. The van der Waals surface area contributed by atoms with E-state index in [1.807, 2.05) is 0 Å². The molecule has 1 N–H and O–H groups in total. The van der Waals surface area contributed by atoms with E-state index in [9.17, 15) is 22.0 Å². The Morgan fingerprint density at radius 1 is 1.04 bits per heavy atom. The molecule has 3 rings (SSSR count). The molecule has 0 saturated carbocycles. The van der Waals surface area contributed by atoms with Gasteiger partial charge in [-0.2, -0.15) is 4.31 Å². The maximum absolute atomic E-state index is 13.3. The average molecular weight is 355 g/mol. The molecule has 6 nitrogen and oxygen atoms in total. The molecule has 1 aromatic heterocycles. The highest BCUT2D eigenvalue weighted by Gasteiger charge is 2.31. The van der Waals surface area contributed by atoms with Gasteiger partial charge in [0.25, 0.3) is 5.91 Å². The van der Waals surface area contributed by atoms with Crippen molar-refractivity contribution >= 4 is 15.9 Å². The first-order chi connectivity index (χ1) is 11.4. The van der Waals surface area contributed by atoms with E-state index in [1.54, 1.807) is 23.2 Å². The molecule has 0 unspecified atom stereocenters. The monoisotopic (exact) mass is 355 g/mol. The van der Waals surface area contributed by atoms with Gasteiger partial charge in [-0.15, -0.1) is 0 Å². The summed E-state index contributed by atoms with van der Waals surface area (Å²) in [6, 6.07) is 5.84. The second-order valence-electron chi connectivity index (χ2n) is 5.36. The van der Waals surface area contributed by atoms with E-state index >= 15 is 0 Å². The van der Waals surface area contributed by atoms with Crippen LogP contribution in [0, 0.1) is 11.6 Å². The zero-order valence-electron chi connectivity index (χ0n) is 12.6. The van der Waals surface area contributed by atoms with Crippen molar-refractivity contribution in [2.75, 3.05) is 26.2 Å². The number of H-pyrrole nitrogens is 1. The lowest BCUT2D eigenvalue weighted by Crippen LogP contribution is -2.50. The highest BCUT2D eigenvalue weighted by atomic mass is 32.2. The van der Waals surface area contributed by atoms with Gasteiger partial charge in [0.2, 0.25) is 10.0 Å². The van der Waals surface area contributed by atoms with E-state index < -0.39 is 21.7 Å². The van der Waals surface area contributed by atoms with Gasteiger partial charge in [0.1, 0.15) is 5.69 Å². The van der Waals surface area contributed by atoms with Gasteiger partial charge in [0.15, 0.2) is 11.6 Å². The fourth-order valence-corrected chi connectivity index (χ4v) is 3.99. The first-order valence-corrected chi connectivity index (χ1v) is 8.71. The van der Waals surface area contributed by atoms with E-state index in [4.69, 9.17) is 0 Å². The topological polar surface area (TPSA) is 73.5 Å². The Labute approximate surface area is 137 Å². The number of nitrogens with zero attached hydrogens (tertiary/aromatic N) is 2. The van der Waals surface area contributed by atoms with Crippen LogP contribution >= 0.6 is 0 Å². The lowest BCUT2D eigenvalue weighted by Gasteiger charge is -2.33. The number of rotatable bonds is 3. The van der Waals surface area contributed by atoms with E-state index in [2.05, 4.69) is 4.98 Å². The minimum Gasteiger partial charge on any atom is -0.357 e. The lowest BCUT2D eigenvalue weighted by molar-refractivity contribution is 0.0692. The van der Waals surface area contributed by atoms with Crippen LogP contribution in [0.15, 0.2) is 41.4 Å². The minimum atomic E-state index is -3.92. The molecule has 2 heterocycles. The maximum atomic E-state index is 13.3. The van der Waals surface area contributed by atoms with Crippen LogP contribution in [0.2, 0.25) is 0 Å². The summed E-state index contributed by atoms with van der Waals surface area (Å²) in [5, 5.41) is 0. The maximum Gasteiger partial charge on any atom is 0.270 e. The van der Waals surface area contributed by atoms with Crippen LogP contribution in [0.25, 0.3) is 0 Å². The molecule has 0 aliphatic carbocycles. The number of halogens is 2. The molecule has 1 aliphatic heterocycles. The number of nitrogens with one attached hydrogen (secondary N) is 1. The third-order valence-corrected chi connectivity index (χ3v) is 5.78. The van der Waals surface area contributed by atoms with E-state index in [1.165, 1.54) is 0 Å². The molecule has 2 aromatic rings. The zero-order valence-corrected chi connectivity index (χ0v) is 13.4. The Hall–Kier alpha value is -2.26. The number of benzene rings is 1. The number of aromatic amines is 1. The van der Waals surface area contributed by atoms with Gasteiger partial charge in [-0.05, 0) is 30.3 Å². The number of piperazine rings is 1. The number of sulfonamides is 1. The summed E-state index contributed by atoms with van der Waals surface area (Å²) in [4.78, 5) is 16.3. The Bertz CT molecular complexity index is 845. The SMILES string of the molecule is O=C(c1ccc[nH]1)N1CCN(S(=O)(=O)c2ccc(F)c(F)c2)CC1. The Morgan fingerprint density at radius 3 is 2.33 bits per heavy atom. The second-order valence-corrected chi connectivity index (χ2v) is 7.29. The summed E-state index contributed by atoms with van der Waals surface area (Å²) >= 11 is 0. The normalized spacial score (nSPS) is 16.3. The van der Waals surface area contributed by atoms with Crippen LogP contribution in [0.3, 0.4) is 0 Å². The average Bonchev–Trinajstić information content (AvgIpc) is 3.11. The Kier molecular flexibility index (Phi) is 4.37. The largest absolute Gasteiger partial charge is 0.357 e. The van der Waals surface area contributed by atoms with Gasteiger partial charge >= 0.3 is 0 Å². The van der Waals surface area contributed by atoms with Crippen LogP contribution in [0.4, 0.5) is 8.78 Å². The number of carbonyl (C=O) groups excluding carboxylic acids is 1. The highest BCUT2D eigenvalue weighted by molar-refractivity contribution is 7.89. The summed E-state index contributed by atoms with van der Waals surface area (Å²) in [7, 11) is -3.92. The molecule has 24 heavy (non-hydrogen) atoms. The molecule has 1 aliphatic rings. The van der Waals surface area contributed by atoms with Gasteiger partial charge in [0.05, 0.1) is 4.90 Å². The highest BCUT2D eigenvalue weighted by Crippen LogP contribution is 2.20. The summed E-state index contributed by atoms with van der Waals surface area (Å²) in [5.41, 5.74) is 0.437. The van der Waals surface area contributed by atoms with Crippen molar-refractivity contribution in [2.45, 2.75) is 4.90 Å². The third-order valence-electron chi connectivity index (χ3n) is 3.88. The van der Waals surface area contributed by atoms with Crippen molar-refractivity contribution in [2.24, 2.45) is 0 Å². The number of hydrogen-bond acceptors (Lipinski definition) is 3. The van der Waals surface area contributed by atoms with Gasteiger partial charge in [0, 0.05) is 32.4 Å². The molecule has 0 spiro atoms. The number of hydrogen-bond donors (Lipinski definition) is 1. The molecular weight excluding hydrogens is 340 g/mol. The lowest BCUT2D eigenvalue weighted by atomic mass is 10.3. The van der Waals surface area contributed by atoms with Crippen molar-refractivity contribution < 1.29 is 22.0 Å². The molecule has 0 atom stereocenters. The van der Waals surface area contributed by atoms with E-state index in [0.29, 0.717) is 11.8 Å². The van der Waals surface area contributed by atoms with Crippen LogP contribution in [0.5, 0.6) is 0 Å². The van der Waals surface area contributed by atoms with Crippen LogP contribution in [-0.4, -0.2) is 54.7 Å². The van der Waals surface area contributed by atoms with Crippen molar-refractivity contribution in [3.8, 4) is 0 Å². The van der Waals surface area contributed by atoms with Crippen molar-refractivity contribution in [3.05, 3.63) is 53.9 Å². The van der Waals surface area contributed by atoms with E-state index in [-0.39, 0.29) is 37.0 Å². The molecule has 1 amide bonds. The molecule has 1 saturated heterocycles. The smallest absolute Gasteiger partial charge is 0.270 e. The van der Waals surface area contributed by atoms with Gasteiger partial charge in [-0.25, -0.2) is 17.2 Å². The predicted octanol–water partition coefficient (Wildman–Crippen LogP) is 1.44. The predicted molar refractivity (Wildman–Crippen MR) is 81.8 cm³/mol. The summed E-state index contributed by atoms with van der Waals surface area (Å²) in [6.07, 6.45) is 1.64. The van der Waals surface area contributed by atoms with E-state index in [0.717, 1.165) is 16.4 Å². The molecule has 1 aromatic carbocycles. The number of amides is 1. The van der Waals surface area contributed by atoms with Crippen molar-refractivity contribution in [1.29, 1.82) is 0 Å². The fourth-order valence-electron chi connectivity index (χ4n) is 2.55. The standard InChI is InChI=1S/C15H15F2N3O3S/c16-12-4-3-11(10-13(12)17)24(22,23)20-8-6-19(7-9-20)15(21)14-2-1-5-18-14/h1-5,10,18H,6-9H2. The van der Waals surface area contributed by atoms with Crippen LogP contribution in [0.1, 0.15) is 10.5 Å². The van der Waals surface area contributed by atoms with Gasteiger partial charge in [-0.3, -0.25) is 4.79 Å².